The minimum atomic E-state index is -3.57. The van der Waals surface area contributed by atoms with Crippen molar-refractivity contribution in [3.05, 3.63) is 65.2 Å². The van der Waals surface area contributed by atoms with Crippen LogP contribution in [0.25, 0.3) is 0 Å². The van der Waals surface area contributed by atoms with Crippen LogP contribution in [0.3, 0.4) is 0 Å². The number of hydrogen-bond acceptors (Lipinski definition) is 5. The van der Waals surface area contributed by atoms with Gasteiger partial charge in [-0.1, -0.05) is 24.6 Å². The molecule has 0 aliphatic carbocycles. The fraction of sp³-hybridized carbons (Fsp3) is 0.440. The first kappa shape index (κ1) is 23.4. The van der Waals surface area contributed by atoms with Crippen molar-refractivity contribution in [1.29, 1.82) is 5.26 Å². The lowest BCUT2D eigenvalue weighted by Crippen LogP contribution is -2.36. The van der Waals surface area contributed by atoms with Crippen LogP contribution in [0.2, 0.25) is 0 Å². The third-order valence-corrected chi connectivity index (χ3v) is 8.29. The number of benzene rings is 2. The molecular weight excluding hydrogens is 436 g/mol. The summed E-state index contributed by atoms with van der Waals surface area (Å²) in [5, 5.41) is 8.96. The van der Waals surface area contributed by atoms with E-state index < -0.39 is 10.0 Å². The largest absolute Gasteiger partial charge is 0.337 e. The summed E-state index contributed by atoms with van der Waals surface area (Å²) >= 11 is 0. The summed E-state index contributed by atoms with van der Waals surface area (Å²) in [6.07, 6.45) is 3.67. The van der Waals surface area contributed by atoms with Gasteiger partial charge in [-0.05, 0) is 55.2 Å². The molecular formula is C25H30N4O3S. The molecule has 0 radical (unpaired) electrons. The van der Waals surface area contributed by atoms with E-state index in [0.29, 0.717) is 37.3 Å². The van der Waals surface area contributed by atoms with Crippen molar-refractivity contribution < 1.29 is 13.2 Å². The highest BCUT2D eigenvalue weighted by Gasteiger charge is 2.27. The summed E-state index contributed by atoms with van der Waals surface area (Å²) < 4.78 is 27.6. The van der Waals surface area contributed by atoms with Gasteiger partial charge in [-0.2, -0.15) is 9.57 Å². The predicted octanol–water partition coefficient (Wildman–Crippen LogP) is 3.08. The van der Waals surface area contributed by atoms with Crippen LogP contribution in [0.15, 0.2) is 53.4 Å². The molecule has 4 rings (SSSR count). The van der Waals surface area contributed by atoms with Gasteiger partial charge in [0.1, 0.15) is 0 Å². The summed E-state index contributed by atoms with van der Waals surface area (Å²) in [6.45, 7) is 4.73. The van der Waals surface area contributed by atoms with E-state index in [1.54, 1.807) is 18.2 Å². The van der Waals surface area contributed by atoms with E-state index >= 15 is 0 Å². The molecule has 1 amide bonds. The van der Waals surface area contributed by atoms with Crippen molar-refractivity contribution >= 4 is 15.9 Å². The Bertz CT molecular complexity index is 1120. The molecule has 33 heavy (non-hydrogen) atoms. The maximum atomic E-state index is 13.2. The molecule has 0 spiro atoms. The summed E-state index contributed by atoms with van der Waals surface area (Å²) in [6, 6.07) is 16.2. The second-order valence-corrected chi connectivity index (χ2v) is 10.7. The zero-order valence-corrected chi connectivity index (χ0v) is 19.6. The molecule has 174 valence electrons. The predicted molar refractivity (Wildman–Crippen MR) is 126 cm³/mol. The topological polar surface area (TPSA) is 84.7 Å². The normalized spacial score (nSPS) is 18.5. The molecule has 2 heterocycles. The Morgan fingerprint density at radius 2 is 1.64 bits per heavy atom. The van der Waals surface area contributed by atoms with Gasteiger partial charge in [0.15, 0.2) is 0 Å². The van der Waals surface area contributed by atoms with Gasteiger partial charge in [0.25, 0.3) is 5.91 Å². The van der Waals surface area contributed by atoms with Crippen LogP contribution in [0.4, 0.5) is 0 Å². The highest BCUT2D eigenvalue weighted by molar-refractivity contribution is 7.89. The molecule has 0 bridgehead atoms. The number of piperidine rings is 1. The molecule has 0 aromatic heterocycles. The monoisotopic (exact) mass is 466 g/mol. The quantitative estimate of drug-likeness (QED) is 0.676. The molecule has 0 unspecified atom stereocenters. The van der Waals surface area contributed by atoms with Gasteiger partial charge >= 0.3 is 0 Å². The van der Waals surface area contributed by atoms with Gasteiger partial charge in [-0.15, -0.1) is 0 Å². The number of carbonyl (C=O) groups is 1. The fourth-order valence-electron chi connectivity index (χ4n) is 4.50. The number of amides is 1. The van der Waals surface area contributed by atoms with Crippen molar-refractivity contribution in [3.63, 3.8) is 0 Å². The van der Waals surface area contributed by atoms with Crippen molar-refractivity contribution in [3.8, 4) is 6.07 Å². The Morgan fingerprint density at radius 1 is 0.879 bits per heavy atom. The standard InChI is InChI=1S/C25H30N4O3S/c26-19-21-8-10-22(11-9-21)20-27-12-5-13-28(17-16-27)25(30)23-6-4-7-24(18-23)33(31,32)29-14-2-1-3-15-29/h4,6-11,18H,1-3,5,12-17,20H2. The van der Waals surface area contributed by atoms with Crippen molar-refractivity contribution in [2.24, 2.45) is 0 Å². The van der Waals surface area contributed by atoms with Crippen molar-refractivity contribution in [2.75, 3.05) is 39.3 Å². The van der Waals surface area contributed by atoms with Crippen LogP contribution in [0.5, 0.6) is 0 Å². The molecule has 2 saturated heterocycles. The first-order valence-corrected chi connectivity index (χ1v) is 13.0. The summed E-state index contributed by atoms with van der Waals surface area (Å²) in [5.74, 6) is -0.120. The molecule has 0 saturated carbocycles. The first-order chi connectivity index (χ1) is 16.0. The zero-order valence-electron chi connectivity index (χ0n) is 18.8. The third-order valence-electron chi connectivity index (χ3n) is 6.40. The molecule has 2 aliphatic heterocycles. The lowest BCUT2D eigenvalue weighted by Gasteiger charge is -2.26. The highest BCUT2D eigenvalue weighted by Crippen LogP contribution is 2.22. The summed E-state index contributed by atoms with van der Waals surface area (Å²) in [4.78, 5) is 17.5. The molecule has 7 nitrogen and oxygen atoms in total. The molecule has 0 atom stereocenters. The van der Waals surface area contributed by atoms with E-state index in [4.69, 9.17) is 5.26 Å². The molecule has 2 aromatic carbocycles. The maximum Gasteiger partial charge on any atom is 0.253 e. The zero-order chi connectivity index (χ0) is 23.3. The van der Waals surface area contributed by atoms with Gasteiger partial charge in [0.05, 0.1) is 16.5 Å². The second kappa shape index (κ2) is 10.5. The molecule has 2 aliphatic rings. The van der Waals surface area contributed by atoms with Gasteiger partial charge < -0.3 is 4.90 Å². The molecule has 8 heteroatoms. The number of hydrogen-bond donors (Lipinski definition) is 0. The van der Waals surface area contributed by atoms with E-state index in [0.717, 1.165) is 50.9 Å². The second-order valence-electron chi connectivity index (χ2n) is 8.72. The average Bonchev–Trinajstić information content (AvgIpc) is 3.10. The Balaban J connectivity index is 1.41. The Labute approximate surface area is 196 Å². The van der Waals surface area contributed by atoms with Gasteiger partial charge in [-0.3, -0.25) is 9.69 Å². The number of nitrogens with zero attached hydrogens (tertiary/aromatic N) is 4. The van der Waals surface area contributed by atoms with E-state index in [-0.39, 0.29) is 10.8 Å². The molecule has 2 aromatic rings. The van der Waals surface area contributed by atoms with Crippen LogP contribution in [-0.2, 0) is 16.6 Å². The van der Waals surface area contributed by atoms with Gasteiger partial charge in [-0.25, -0.2) is 8.42 Å². The number of nitriles is 1. The lowest BCUT2D eigenvalue weighted by atomic mass is 10.1. The van der Waals surface area contributed by atoms with Crippen LogP contribution < -0.4 is 0 Å². The lowest BCUT2D eigenvalue weighted by molar-refractivity contribution is 0.0761. The smallest absolute Gasteiger partial charge is 0.253 e. The summed E-state index contributed by atoms with van der Waals surface area (Å²) in [5.41, 5.74) is 2.22. The van der Waals surface area contributed by atoms with Gasteiger partial charge in [0, 0.05) is 51.4 Å². The number of rotatable bonds is 5. The Hall–Kier alpha value is -2.73. The SMILES string of the molecule is N#Cc1ccc(CN2CCCN(C(=O)c3cccc(S(=O)(=O)N4CCCCC4)c3)CC2)cc1. The number of carbonyl (C=O) groups excluding carboxylic acids is 1. The van der Waals surface area contributed by atoms with Crippen LogP contribution in [-0.4, -0.2) is 67.7 Å². The Morgan fingerprint density at radius 3 is 2.36 bits per heavy atom. The van der Waals surface area contributed by atoms with Crippen LogP contribution in [0.1, 0.15) is 47.2 Å². The van der Waals surface area contributed by atoms with Gasteiger partial charge in [0.2, 0.25) is 10.0 Å². The minimum absolute atomic E-state index is 0.120. The van der Waals surface area contributed by atoms with E-state index in [9.17, 15) is 13.2 Å². The maximum absolute atomic E-state index is 13.2. The minimum Gasteiger partial charge on any atom is -0.337 e. The number of sulfonamides is 1. The summed E-state index contributed by atoms with van der Waals surface area (Å²) in [7, 11) is -3.57. The van der Waals surface area contributed by atoms with Crippen molar-refractivity contribution in [2.45, 2.75) is 37.1 Å². The Kier molecular flexibility index (Phi) is 7.43. The van der Waals surface area contributed by atoms with E-state index in [1.165, 1.54) is 10.4 Å². The third kappa shape index (κ3) is 5.61. The fourth-order valence-corrected chi connectivity index (χ4v) is 6.06. The molecule has 2 fully saturated rings. The highest BCUT2D eigenvalue weighted by atomic mass is 32.2. The van der Waals surface area contributed by atoms with Crippen molar-refractivity contribution in [1.82, 2.24) is 14.1 Å². The van der Waals surface area contributed by atoms with Crippen LogP contribution >= 0.6 is 0 Å². The van der Waals surface area contributed by atoms with E-state index in [1.807, 2.05) is 29.2 Å². The van der Waals surface area contributed by atoms with Crippen LogP contribution in [0, 0.1) is 11.3 Å². The first-order valence-electron chi connectivity index (χ1n) is 11.6. The molecule has 0 N–H and O–H groups in total. The average molecular weight is 467 g/mol. The van der Waals surface area contributed by atoms with E-state index in [2.05, 4.69) is 11.0 Å².